The highest BCUT2D eigenvalue weighted by Gasteiger charge is 2.14. The second-order valence-electron chi connectivity index (χ2n) is 5.30. The van der Waals surface area contributed by atoms with E-state index < -0.39 is 0 Å². The molecule has 4 rings (SSSR count). The Kier molecular flexibility index (Phi) is 2.97. The molecule has 106 valence electrons. The molecule has 3 heteroatoms. The number of hydrogen-bond acceptors (Lipinski definition) is 2. The molecule has 0 aliphatic rings. The van der Waals surface area contributed by atoms with E-state index in [2.05, 4.69) is 33.8 Å². The van der Waals surface area contributed by atoms with Gasteiger partial charge in [0.1, 0.15) is 5.69 Å². The number of carbonyl (C=O) groups excluding carboxylic acids is 1. The van der Waals surface area contributed by atoms with Crippen molar-refractivity contribution in [1.82, 2.24) is 9.55 Å². The van der Waals surface area contributed by atoms with Gasteiger partial charge in [0.15, 0.2) is 6.29 Å². The molecule has 0 bridgehead atoms. The van der Waals surface area contributed by atoms with Gasteiger partial charge in [-0.1, -0.05) is 48.5 Å². The van der Waals surface area contributed by atoms with E-state index in [0.29, 0.717) is 5.69 Å². The van der Waals surface area contributed by atoms with E-state index in [0.717, 1.165) is 34.6 Å². The average molecular weight is 286 g/mol. The Morgan fingerprint density at radius 1 is 0.909 bits per heavy atom. The van der Waals surface area contributed by atoms with Gasteiger partial charge in [0.2, 0.25) is 0 Å². The van der Waals surface area contributed by atoms with Gasteiger partial charge in [-0.05, 0) is 17.7 Å². The number of fused-ring (bicyclic) bond motifs is 3. The number of aldehydes is 1. The van der Waals surface area contributed by atoms with Crippen LogP contribution in [-0.2, 0) is 6.54 Å². The number of rotatable bonds is 3. The lowest BCUT2D eigenvalue weighted by atomic mass is 10.2. The minimum absolute atomic E-state index is 0.490. The molecule has 2 aromatic carbocycles. The number of para-hydroxylation sites is 1. The summed E-state index contributed by atoms with van der Waals surface area (Å²) in [6.07, 6.45) is 2.54. The van der Waals surface area contributed by atoms with Crippen molar-refractivity contribution in [2.24, 2.45) is 0 Å². The first-order valence-electron chi connectivity index (χ1n) is 7.23. The summed E-state index contributed by atoms with van der Waals surface area (Å²) in [5.41, 5.74) is 3.72. The van der Waals surface area contributed by atoms with Crippen LogP contribution in [0.4, 0.5) is 0 Å². The fourth-order valence-electron chi connectivity index (χ4n) is 3.04. The van der Waals surface area contributed by atoms with E-state index in [4.69, 9.17) is 0 Å². The van der Waals surface area contributed by atoms with Crippen LogP contribution in [0.3, 0.4) is 0 Å². The molecule has 0 amide bonds. The summed E-state index contributed by atoms with van der Waals surface area (Å²) < 4.78 is 2.18. The fourth-order valence-corrected chi connectivity index (χ4v) is 3.04. The number of nitrogens with zero attached hydrogens (tertiary/aromatic N) is 2. The van der Waals surface area contributed by atoms with Gasteiger partial charge in [-0.3, -0.25) is 9.78 Å². The molecule has 0 spiro atoms. The molecular weight excluding hydrogens is 272 g/mol. The second-order valence-corrected chi connectivity index (χ2v) is 5.30. The highest BCUT2D eigenvalue weighted by molar-refractivity contribution is 6.11. The molecular formula is C19H14N2O. The van der Waals surface area contributed by atoms with E-state index >= 15 is 0 Å². The molecule has 2 aromatic heterocycles. The zero-order valence-corrected chi connectivity index (χ0v) is 11.9. The van der Waals surface area contributed by atoms with Crippen molar-refractivity contribution in [2.45, 2.75) is 6.54 Å². The van der Waals surface area contributed by atoms with Gasteiger partial charge in [0, 0.05) is 29.0 Å². The highest BCUT2D eigenvalue weighted by Crippen LogP contribution is 2.30. The minimum Gasteiger partial charge on any atom is -0.334 e. The molecule has 4 aromatic rings. The van der Waals surface area contributed by atoms with E-state index in [1.807, 2.05) is 36.4 Å². The van der Waals surface area contributed by atoms with E-state index in [1.165, 1.54) is 5.56 Å². The number of aromatic nitrogens is 2. The zero-order valence-electron chi connectivity index (χ0n) is 11.9. The van der Waals surface area contributed by atoms with Crippen LogP contribution in [0.15, 0.2) is 66.9 Å². The van der Waals surface area contributed by atoms with E-state index in [9.17, 15) is 4.79 Å². The Morgan fingerprint density at radius 2 is 1.68 bits per heavy atom. The van der Waals surface area contributed by atoms with E-state index in [-0.39, 0.29) is 0 Å². The van der Waals surface area contributed by atoms with Gasteiger partial charge < -0.3 is 4.57 Å². The Labute approximate surface area is 127 Å². The van der Waals surface area contributed by atoms with Gasteiger partial charge in [-0.2, -0.15) is 0 Å². The monoisotopic (exact) mass is 286 g/mol. The number of pyridine rings is 1. The van der Waals surface area contributed by atoms with Gasteiger partial charge in [-0.25, -0.2) is 0 Å². The van der Waals surface area contributed by atoms with Crippen molar-refractivity contribution >= 4 is 28.1 Å². The normalized spacial score (nSPS) is 11.1. The van der Waals surface area contributed by atoms with Crippen LogP contribution in [0, 0.1) is 0 Å². The summed E-state index contributed by atoms with van der Waals surface area (Å²) in [4.78, 5) is 15.7. The third kappa shape index (κ3) is 1.91. The van der Waals surface area contributed by atoms with Crippen LogP contribution >= 0.6 is 0 Å². The summed E-state index contributed by atoms with van der Waals surface area (Å²) in [6.45, 7) is 0.720. The Bertz CT molecular complexity index is 971. The van der Waals surface area contributed by atoms with Crippen molar-refractivity contribution in [2.75, 3.05) is 0 Å². The molecule has 0 radical (unpaired) electrons. The lowest BCUT2D eigenvalue weighted by Gasteiger charge is -2.08. The summed E-state index contributed by atoms with van der Waals surface area (Å²) in [5.74, 6) is 0. The largest absolute Gasteiger partial charge is 0.334 e. The molecule has 3 nitrogen and oxygen atoms in total. The molecule has 0 unspecified atom stereocenters. The van der Waals surface area contributed by atoms with Crippen LogP contribution in [0.5, 0.6) is 0 Å². The standard InChI is InChI=1S/C19H14N2O/c22-13-17-19-16(10-11-20-17)15-8-4-5-9-18(15)21(19)12-14-6-2-1-3-7-14/h1-11,13H,12H2. The minimum atomic E-state index is 0.490. The maximum absolute atomic E-state index is 11.4. The van der Waals surface area contributed by atoms with Crippen LogP contribution in [-0.4, -0.2) is 15.8 Å². The summed E-state index contributed by atoms with van der Waals surface area (Å²) in [6, 6.07) is 20.5. The fraction of sp³-hybridized carbons (Fsp3) is 0.0526. The first-order valence-corrected chi connectivity index (χ1v) is 7.23. The van der Waals surface area contributed by atoms with Gasteiger partial charge in [0.25, 0.3) is 0 Å². The summed E-state index contributed by atoms with van der Waals surface area (Å²) in [5, 5.41) is 2.22. The molecule has 0 saturated carbocycles. The summed E-state index contributed by atoms with van der Waals surface area (Å²) in [7, 11) is 0. The molecule has 0 N–H and O–H groups in total. The number of hydrogen-bond donors (Lipinski definition) is 0. The predicted molar refractivity (Wildman–Crippen MR) is 88.2 cm³/mol. The molecule has 0 aliphatic heterocycles. The molecule has 2 heterocycles. The van der Waals surface area contributed by atoms with Crippen LogP contribution in [0.1, 0.15) is 16.1 Å². The number of benzene rings is 2. The SMILES string of the molecule is O=Cc1nccc2c3ccccc3n(Cc3ccccc3)c12. The first-order chi connectivity index (χ1) is 10.9. The third-order valence-electron chi connectivity index (χ3n) is 4.00. The first kappa shape index (κ1) is 12.8. The Morgan fingerprint density at radius 3 is 2.50 bits per heavy atom. The van der Waals surface area contributed by atoms with E-state index in [1.54, 1.807) is 6.20 Å². The maximum atomic E-state index is 11.4. The predicted octanol–water partition coefficient (Wildman–Crippen LogP) is 4.05. The zero-order chi connectivity index (χ0) is 14.9. The van der Waals surface area contributed by atoms with Crippen molar-refractivity contribution in [3.63, 3.8) is 0 Å². The quantitative estimate of drug-likeness (QED) is 0.532. The topological polar surface area (TPSA) is 34.9 Å². The third-order valence-corrected chi connectivity index (χ3v) is 4.00. The molecule has 0 atom stereocenters. The van der Waals surface area contributed by atoms with Crippen molar-refractivity contribution in [1.29, 1.82) is 0 Å². The van der Waals surface area contributed by atoms with Gasteiger partial charge in [0.05, 0.1) is 5.52 Å². The van der Waals surface area contributed by atoms with Crippen molar-refractivity contribution in [3.05, 3.63) is 78.1 Å². The maximum Gasteiger partial charge on any atom is 0.170 e. The molecule has 0 fully saturated rings. The van der Waals surface area contributed by atoms with Crippen LogP contribution in [0.2, 0.25) is 0 Å². The lowest BCUT2D eigenvalue weighted by Crippen LogP contribution is -2.02. The lowest BCUT2D eigenvalue weighted by molar-refractivity contribution is 0.112. The molecule has 0 aliphatic carbocycles. The average Bonchev–Trinajstić information content (AvgIpc) is 2.90. The Balaban J connectivity index is 2.07. The second kappa shape index (κ2) is 5.11. The highest BCUT2D eigenvalue weighted by atomic mass is 16.1. The molecule has 22 heavy (non-hydrogen) atoms. The summed E-state index contributed by atoms with van der Waals surface area (Å²) >= 11 is 0. The Hall–Kier alpha value is -2.94. The van der Waals surface area contributed by atoms with Crippen molar-refractivity contribution in [3.8, 4) is 0 Å². The van der Waals surface area contributed by atoms with Gasteiger partial charge >= 0.3 is 0 Å². The van der Waals surface area contributed by atoms with Gasteiger partial charge in [-0.15, -0.1) is 0 Å². The van der Waals surface area contributed by atoms with Crippen LogP contribution < -0.4 is 0 Å². The molecule has 0 saturated heterocycles. The van der Waals surface area contributed by atoms with Crippen LogP contribution in [0.25, 0.3) is 21.8 Å². The van der Waals surface area contributed by atoms with Crippen molar-refractivity contribution < 1.29 is 4.79 Å². The smallest absolute Gasteiger partial charge is 0.170 e. The number of carbonyl (C=O) groups is 1.